The Balaban J connectivity index is 1.48. The highest BCUT2D eigenvalue weighted by atomic mass is 16.5. The van der Waals surface area contributed by atoms with Gasteiger partial charge in [0.1, 0.15) is 12.0 Å². The van der Waals surface area contributed by atoms with E-state index < -0.39 is 0 Å². The fourth-order valence-corrected chi connectivity index (χ4v) is 4.58. The molecule has 158 valence electrons. The van der Waals surface area contributed by atoms with Gasteiger partial charge in [-0.05, 0) is 55.7 Å². The summed E-state index contributed by atoms with van der Waals surface area (Å²) < 4.78 is 11.6. The van der Waals surface area contributed by atoms with Crippen LogP contribution >= 0.6 is 0 Å². The Morgan fingerprint density at radius 3 is 2.80 bits per heavy atom. The standard InChI is InChI=1S/C26H32N2O2/c1-19-11-12-20(2)25(13-19)26(30-17-24-16-29-18-28-24)22-9-6-10-23(14-22)27-15-21-7-4-3-5-8-21/h3-5,7-8,11-13,16,18,22-23,26-27H,6,9-10,14-15,17H2,1-2H3. The van der Waals surface area contributed by atoms with Crippen LogP contribution in [0.3, 0.4) is 0 Å². The molecular weight excluding hydrogens is 372 g/mol. The second-order valence-corrected chi connectivity index (χ2v) is 8.56. The first kappa shape index (κ1) is 20.8. The van der Waals surface area contributed by atoms with Gasteiger partial charge in [0, 0.05) is 12.6 Å². The lowest BCUT2D eigenvalue weighted by molar-refractivity contribution is -0.0180. The fraction of sp³-hybridized carbons (Fsp3) is 0.423. The number of rotatable bonds is 8. The fourth-order valence-electron chi connectivity index (χ4n) is 4.58. The van der Waals surface area contributed by atoms with Gasteiger partial charge in [-0.25, -0.2) is 4.98 Å². The molecule has 0 amide bonds. The number of ether oxygens (including phenoxy) is 1. The van der Waals surface area contributed by atoms with Gasteiger partial charge in [-0.2, -0.15) is 0 Å². The summed E-state index contributed by atoms with van der Waals surface area (Å²) in [6.45, 7) is 5.75. The monoisotopic (exact) mass is 404 g/mol. The number of hydrogen-bond acceptors (Lipinski definition) is 4. The van der Waals surface area contributed by atoms with Gasteiger partial charge >= 0.3 is 0 Å². The quantitative estimate of drug-likeness (QED) is 0.508. The predicted molar refractivity (Wildman–Crippen MR) is 119 cm³/mol. The van der Waals surface area contributed by atoms with Crippen molar-refractivity contribution in [1.29, 1.82) is 0 Å². The number of aromatic nitrogens is 1. The van der Waals surface area contributed by atoms with E-state index >= 15 is 0 Å². The molecule has 0 radical (unpaired) electrons. The van der Waals surface area contributed by atoms with Gasteiger partial charge in [-0.3, -0.25) is 0 Å². The molecule has 3 aromatic rings. The summed E-state index contributed by atoms with van der Waals surface area (Å²) in [5.74, 6) is 0.486. The van der Waals surface area contributed by atoms with Gasteiger partial charge in [-0.15, -0.1) is 0 Å². The van der Waals surface area contributed by atoms with Crippen molar-refractivity contribution in [2.24, 2.45) is 5.92 Å². The third kappa shape index (κ3) is 5.38. The molecule has 1 aromatic heterocycles. The average molecular weight is 405 g/mol. The van der Waals surface area contributed by atoms with Crippen molar-refractivity contribution in [3.8, 4) is 0 Å². The minimum Gasteiger partial charge on any atom is -0.451 e. The lowest BCUT2D eigenvalue weighted by atomic mass is 9.79. The molecule has 0 saturated heterocycles. The molecule has 1 fully saturated rings. The largest absolute Gasteiger partial charge is 0.451 e. The molecule has 3 atom stereocenters. The molecule has 4 heteroatoms. The summed E-state index contributed by atoms with van der Waals surface area (Å²) in [7, 11) is 0. The third-order valence-electron chi connectivity index (χ3n) is 6.22. The summed E-state index contributed by atoms with van der Waals surface area (Å²) in [5.41, 5.74) is 6.07. The summed E-state index contributed by atoms with van der Waals surface area (Å²) in [5, 5.41) is 3.79. The van der Waals surface area contributed by atoms with E-state index in [1.165, 1.54) is 47.9 Å². The maximum absolute atomic E-state index is 6.51. The van der Waals surface area contributed by atoms with Crippen LogP contribution in [0.1, 0.15) is 59.7 Å². The molecule has 1 N–H and O–H groups in total. The van der Waals surface area contributed by atoms with Crippen molar-refractivity contribution in [3.63, 3.8) is 0 Å². The first-order valence-electron chi connectivity index (χ1n) is 11.0. The molecule has 1 aliphatic rings. The van der Waals surface area contributed by atoms with Crippen LogP contribution in [0.25, 0.3) is 0 Å². The van der Waals surface area contributed by atoms with E-state index in [4.69, 9.17) is 9.15 Å². The number of nitrogens with one attached hydrogen (secondary N) is 1. The molecule has 0 aliphatic heterocycles. The van der Waals surface area contributed by atoms with Crippen molar-refractivity contribution < 1.29 is 9.15 Å². The van der Waals surface area contributed by atoms with Crippen LogP contribution in [-0.4, -0.2) is 11.0 Å². The van der Waals surface area contributed by atoms with Crippen molar-refractivity contribution in [2.45, 2.75) is 64.8 Å². The van der Waals surface area contributed by atoms with Crippen LogP contribution in [0.5, 0.6) is 0 Å². The Labute approximate surface area is 179 Å². The van der Waals surface area contributed by atoms with E-state index in [2.05, 4.69) is 72.7 Å². The highest BCUT2D eigenvalue weighted by molar-refractivity contribution is 5.33. The maximum Gasteiger partial charge on any atom is 0.180 e. The molecule has 1 saturated carbocycles. The van der Waals surface area contributed by atoms with Crippen LogP contribution in [0, 0.1) is 19.8 Å². The minimum atomic E-state index is 0.0722. The highest BCUT2D eigenvalue weighted by Crippen LogP contribution is 2.39. The average Bonchev–Trinajstić information content (AvgIpc) is 3.29. The zero-order valence-electron chi connectivity index (χ0n) is 18.0. The van der Waals surface area contributed by atoms with Crippen molar-refractivity contribution in [1.82, 2.24) is 10.3 Å². The number of hydrogen-bond donors (Lipinski definition) is 1. The summed E-state index contributed by atoms with van der Waals surface area (Å²) >= 11 is 0. The molecule has 4 rings (SSSR count). The first-order valence-corrected chi connectivity index (χ1v) is 11.0. The van der Waals surface area contributed by atoms with Crippen LogP contribution in [0.15, 0.2) is 65.6 Å². The number of nitrogens with zero attached hydrogens (tertiary/aromatic N) is 1. The van der Waals surface area contributed by atoms with Crippen molar-refractivity contribution in [3.05, 3.63) is 89.1 Å². The van der Waals surface area contributed by atoms with Crippen LogP contribution < -0.4 is 5.32 Å². The molecule has 3 unspecified atom stereocenters. The van der Waals surface area contributed by atoms with Gasteiger partial charge in [0.15, 0.2) is 6.39 Å². The summed E-state index contributed by atoms with van der Waals surface area (Å²) in [6, 6.07) is 17.9. The highest BCUT2D eigenvalue weighted by Gasteiger charge is 2.31. The lowest BCUT2D eigenvalue weighted by Gasteiger charge is -2.36. The molecule has 4 nitrogen and oxygen atoms in total. The lowest BCUT2D eigenvalue weighted by Crippen LogP contribution is -2.36. The summed E-state index contributed by atoms with van der Waals surface area (Å²) in [6.07, 6.45) is 7.99. The number of benzene rings is 2. The van der Waals surface area contributed by atoms with Gasteiger partial charge in [0.2, 0.25) is 0 Å². The zero-order chi connectivity index (χ0) is 20.8. The molecule has 0 bridgehead atoms. The van der Waals surface area contributed by atoms with Crippen LogP contribution in [-0.2, 0) is 17.9 Å². The molecular formula is C26H32N2O2. The van der Waals surface area contributed by atoms with E-state index in [0.717, 1.165) is 18.7 Å². The van der Waals surface area contributed by atoms with E-state index in [1.54, 1.807) is 6.26 Å². The SMILES string of the molecule is Cc1ccc(C)c(C(OCc2cocn2)C2CCCC(NCc3ccccc3)C2)c1. The van der Waals surface area contributed by atoms with Gasteiger partial charge in [0.05, 0.1) is 12.7 Å². The van der Waals surface area contributed by atoms with E-state index in [-0.39, 0.29) is 6.10 Å². The van der Waals surface area contributed by atoms with E-state index in [9.17, 15) is 0 Å². The van der Waals surface area contributed by atoms with E-state index in [1.807, 2.05) is 0 Å². The molecule has 2 aromatic carbocycles. The molecule has 0 spiro atoms. The first-order chi connectivity index (χ1) is 14.7. The third-order valence-corrected chi connectivity index (χ3v) is 6.22. The number of oxazole rings is 1. The zero-order valence-corrected chi connectivity index (χ0v) is 18.0. The van der Waals surface area contributed by atoms with Crippen molar-refractivity contribution in [2.75, 3.05) is 0 Å². The van der Waals surface area contributed by atoms with Gasteiger partial charge in [-0.1, -0.05) is 60.5 Å². The molecule has 1 aliphatic carbocycles. The minimum absolute atomic E-state index is 0.0722. The summed E-state index contributed by atoms with van der Waals surface area (Å²) in [4.78, 5) is 4.24. The second-order valence-electron chi connectivity index (χ2n) is 8.56. The Morgan fingerprint density at radius 1 is 1.13 bits per heavy atom. The van der Waals surface area contributed by atoms with E-state index in [0.29, 0.717) is 18.6 Å². The Kier molecular flexibility index (Phi) is 6.98. The van der Waals surface area contributed by atoms with Crippen LogP contribution in [0.2, 0.25) is 0 Å². The Bertz CT molecular complexity index is 908. The molecule has 30 heavy (non-hydrogen) atoms. The van der Waals surface area contributed by atoms with Crippen molar-refractivity contribution >= 4 is 0 Å². The normalized spacial score (nSPS) is 20.2. The smallest absolute Gasteiger partial charge is 0.180 e. The Morgan fingerprint density at radius 2 is 2.00 bits per heavy atom. The van der Waals surface area contributed by atoms with Gasteiger partial charge < -0.3 is 14.5 Å². The Hall–Kier alpha value is -2.43. The number of aryl methyl sites for hydroxylation is 2. The maximum atomic E-state index is 6.51. The topological polar surface area (TPSA) is 47.3 Å². The van der Waals surface area contributed by atoms with Crippen LogP contribution in [0.4, 0.5) is 0 Å². The van der Waals surface area contributed by atoms with Gasteiger partial charge in [0.25, 0.3) is 0 Å². The molecule has 1 heterocycles. The second kappa shape index (κ2) is 10.1. The predicted octanol–water partition coefficient (Wildman–Crippen LogP) is 5.90.